The molecule has 1 aliphatic carbocycles. The molecular formula is C20H25N3O. The Balaban J connectivity index is 1.93. The summed E-state index contributed by atoms with van der Waals surface area (Å²) in [5, 5.41) is 0. The van der Waals surface area contributed by atoms with Crippen LogP contribution >= 0.6 is 0 Å². The Bertz CT molecular complexity index is 773. The molecule has 4 nitrogen and oxygen atoms in total. The molecule has 4 heteroatoms. The van der Waals surface area contributed by atoms with E-state index >= 15 is 0 Å². The van der Waals surface area contributed by atoms with E-state index in [1.165, 1.54) is 11.1 Å². The van der Waals surface area contributed by atoms with Crippen molar-refractivity contribution in [1.82, 2.24) is 9.97 Å². The molecule has 1 aromatic carbocycles. The van der Waals surface area contributed by atoms with E-state index in [1.807, 2.05) is 6.92 Å². The second kappa shape index (κ2) is 6.00. The van der Waals surface area contributed by atoms with Crippen LogP contribution in [0.3, 0.4) is 0 Å². The molecule has 1 atom stereocenters. The maximum atomic E-state index is 12.7. The van der Waals surface area contributed by atoms with E-state index in [0.717, 1.165) is 17.8 Å². The van der Waals surface area contributed by atoms with Crippen molar-refractivity contribution in [1.29, 1.82) is 0 Å². The molecule has 2 aromatic rings. The number of fused-ring (bicyclic) bond motifs is 1. The number of nitrogen functional groups attached to an aromatic ring is 1. The SMILES string of the molecule is CCc1nc(N)nc2c1C(=O)C[C@H](c1ccc(C(C)(C)C)cc1)C2. The van der Waals surface area contributed by atoms with Gasteiger partial charge in [0.05, 0.1) is 17.0 Å². The Morgan fingerprint density at radius 1 is 1.12 bits per heavy atom. The van der Waals surface area contributed by atoms with Gasteiger partial charge in [-0.05, 0) is 35.3 Å². The minimum atomic E-state index is 0.130. The maximum Gasteiger partial charge on any atom is 0.220 e. The fourth-order valence-corrected chi connectivity index (χ4v) is 3.43. The molecule has 1 aromatic heterocycles. The van der Waals surface area contributed by atoms with Gasteiger partial charge in [-0.3, -0.25) is 4.79 Å². The third-order valence-electron chi connectivity index (χ3n) is 4.81. The summed E-state index contributed by atoms with van der Waals surface area (Å²) in [7, 11) is 0. The number of benzene rings is 1. The van der Waals surface area contributed by atoms with E-state index in [0.29, 0.717) is 18.4 Å². The zero-order chi connectivity index (χ0) is 17.5. The van der Waals surface area contributed by atoms with Gasteiger partial charge in [0.15, 0.2) is 5.78 Å². The quantitative estimate of drug-likeness (QED) is 0.912. The van der Waals surface area contributed by atoms with E-state index in [4.69, 9.17) is 5.73 Å². The third kappa shape index (κ3) is 3.05. The van der Waals surface area contributed by atoms with Gasteiger partial charge in [-0.15, -0.1) is 0 Å². The Hall–Kier alpha value is -2.23. The van der Waals surface area contributed by atoms with E-state index in [-0.39, 0.29) is 23.1 Å². The lowest BCUT2D eigenvalue weighted by molar-refractivity contribution is 0.0961. The molecule has 0 bridgehead atoms. The number of nitrogens with two attached hydrogens (primary N) is 1. The molecule has 0 unspecified atom stereocenters. The first-order valence-electron chi connectivity index (χ1n) is 8.58. The number of carbonyl (C=O) groups excluding carboxylic acids is 1. The molecular weight excluding hydrogens is 298 g/mol. The highest BCUT2D eigenvalue weighted by atomic mass is 16.1. The number of aromatic nitrogens is 2. The van der Waals surface area contributed by atoms with Crippen LogP contribution in [0.15, 0.2) is 24.3 Å². The topological polar surface area (TPSA) is 68.9 Å². The number of hydrogen-bond acceptors (Lipinski definition) is 4. The summed E-state index contributed by atoms with van der Waals surface area (Å²) in [4.78, 5) is 21.3. The Morgan fingerprint density at radius 3 is 2.38 bits per heavy atom. The lowest BCUT2D eigenvalue weighted by Gasteiger charge is -2.26. The normalized spacial score (nSPS) is 17.7. The lowest BCUT2D eigenvalue weighted by atomic mass is 9.79. The van der Waals surface area contributed by atoms with Crippen LogP contribution in [0.2, 0.25) is 0 Å². The number of rotatable bonds is 2. The monoisotopic (exact) mass is 323 g/mol. The Kier molecular flexibility index (Phi) is 4.16. The molecule has 0 amide bonds. The smallest absolute Gasteiger partial charge is 0.220 e. The van der Waals surface area contributed by atoms with Gasteiger partial charge in [-0.2, -0.15) is 0 Å². The van der Waals surface area contributed by atoms with Crippen molar-refractivity contribution in [3.63, 3.8) is 0 Å². The zero-order valence-corrected chi connectivity index (χ0v) is 14.9. The molecule has 1 heterocycles. The van der Waals surface area contributed by atoms with Gasteiger partial charge in [0.2, 0.25) is 5.95 Å². The largest absolute Gasteiger partial charge is 0.368 e. The predicted molar refractivity (Wildman–Crippen MR) is 96.4 cm³/mol. The van der Waals surface area contributed by atoms with E-state index < -0.39 is 0 Å². The van der Waals surface area contributed by atoms with Gasteiger partial charge in [-0.25, -0.2) is 9.97 Å². The lowest BCUT2D eigenvalue weighted by Crippen LogP contribution is -2.23. The summed E-state index contributed by atoms with van der Waals surface area (Å²) >= 11 is 0. The van der Waals surface area contributed by atoms with Crippen LogP contribution in [0, 0.1) is 0 Å². The summed E-state index contributed by atoms with van der Waals surface area (Å²) in [5.41, 5.74) is 10.7. The summed E-state index contributed by atoms with van der Waals surface area (Å²) in [6.45, 7) is 8.60. The van der Waals surface area contributed by atoms with E-state index in [2.05, 4.69) is 55.0 Å². The molecule has 0 saturated carbocycles. The standard InChI is InChI=1S/C20H25N3O/c1-5-15-18-16(23-19(21)22-15)10-13(11-17(18)24)12-6-8-14(9-7-12)20(2,3)4/h6-9,13H,5,10-11H2,1-4H3,(H2,21,22,23)/t13-/m1/s1. The van der Waals surface area contributed by atoms with Crippen molar-refractivity contribution < 1.29 is 4.79 Å². The van der Waals surface area contributed by atoms with Crippen molar-refractivity contribution in [3.8, 4) is 0 Å². The molecule has 0 spiro atoms. The molecule has 1 aliphatic rings. The first-order valence-corrected chi connectivity index (χ1v) is 8.58. The van der Waals surface area contributed by atoms with Crippen LogP contribution in [-0.2, 0) is 18.3 Å². The maximum absolute atomic E-state index is 12.7. The van der Waals surface area contributed by atoms with Crippen molar-refractivity contribution in [2.45, 2.75) is 58.3 Å². The summed E-state index contributed by atoms with van der Waals surface area (Å²) in [5.74, 6) is 0.568. The highest BCUT2D eigenvalue weighted by molar-refractivity contribution is 5.99. The van der Waals surface area contributed by atoms with Crippen molar-refractivity contribution in [2.75, 3.05) is 5.73 Å². The molecule has 3 rings (SSSR count). The zero-order valence-electron chi connectivity index (χ0n) is 14.9. The fourth-order valence-electron chi connectivity index (χ4n) is 3.43. The molecule has 0 radical (unpaired) electrons. The van der Waals surface area contributed by atoms with E-state index in [1.54, 1.807) is 0 Å². The number of aryl methyl sites for hydroxylation is 1. The molecule has 24 heavy (non-hydrogen) atoms. The average molecular weight is 323 g/mol. The highest BCUT2D eigenvalue weighted by Crippen LogP contribution is 2.34. The predicted octanol–water partition coefficient (Wildman–Crippen LogP) is 3.83. The molecule has 0 saturated heterocycles. The van der Waals surface area contributed by atoms with Crippen molar-refractivity contribution >= 4 is 11.7 Å². The minimum Gasteiger partial charge on any atom is -0.368 e. The summed E-state index contributed by atoms with van der Waals surface area (Å²) < 4.78 is 0. The highest BCUT2D eigenvalue weighted by Gasteiger charge is 2.30. The number of Topliss-reactive ketones (excluding diaryl/α,β-unsaturated/α-hetero) is 1. The van der Waals surface area contributed by atoms with E-state index in [9.17, 15) is 4.79 Å². The first-order chi connectivity index (χ1) is 11.3. The third-order valence-corrected chi connectivity index (χ3v) is 4.81. The van der Waals surface area contributed by atoms with Gasteiger partial charge in [0, 0.05) is 6.42 Å². The molecule has 2 N–H and O–H groups in total. The second-order valence-corrected chi connectivity index (χ2v) is 7.60. The van der Waals surface area contributed by atoms with Crippen LogP contribution in [0.4, 0.5) is 5.95 Å². The van der Waals surface area contributed by atoms with Crippen molar-refractivity contribution in [2.24, 2.45) is 0 Å². The summed E-state index contributed by atoms with van der Waals surface area (Å²) in [6.07, 6.45) is 1.96. The number of carbonyl (C=O) groups is 1. The Morgan fingerprint density at radius 2 is 1.79 bits per heavy atom. The second-order valence-electron chi connectivity index (χ2n) is 7.60. The number of nitrogens with zero attached hydrogens (tertiary/aromatic N) is 2. The Labute approximate surface area is 143 Å². The minimum absolute atomic E-state index is 0.130. The molecule has 126 valence electrons. The van der Waals surface area contributed by atoms with Crippen LogP contribution < -0.4 is 5.73 Å². The summed E-state index contributed by atoms with van der Waals surface area (Å²) in [6, 6.07) is 8.63. The first kappa shape index (κ1) is 16.6. The molecule has 0 aliphatic heterocycles. The van der Waals surface area contributed by atoms with Crippen LogP contribution in [0.5, 0.6) is 0 Å². The van der Waals surface area contributed by atoms with Gasteiger partial charge in [-0.1, -0.05) is 52.0 Å². The number of anilines is 1. The van der Waals surface area contributed by atoms with Gasteiger partial charge < -0.3 is 5.73 Å². The van der Waals surface area contributed by atoms with Crippen LogP contribution in [0.25, 0.3) is 0 Å². The average Bonchev–Trinajstić information content (AvgIpc) is 2.52. The molecule has 0 fully saturated rings. The number of ketones is 1. The van der Waals surface area contributed by atoms with Gasteiger partial charge >= 0.3 is 0 Å². The van der Waals surface area contributed by atoms with Gasteiger partial charge in [0.1, 0.15) is 0 Å². The van der Waals surface area contributed by atoms with Crippen LogP contribution in [0.1, 0.15) is 72.9 Å². The fraction of sp³-hybridized carbons (Fsp3) is 0.450. The van der Waals surface area contributed by atoms with Crippen molar-refractivity contribution in [3.05, 3.63) is 52.3 Å². The van der Waals surface area contributed by atoms with Crippen LogP contribution in [-0.4, -0.2) is 15.8 Å². The number of hydrogen-bond donors (Lipinski definition) is 1. The van der Waals surface area contributed by atoms with Gasteiger partial charge in [0.25, 0.3) is 0 Å².